The molecule has 0 spiro atoms. The molecule has 2 aromatic rings. The van der Waals surface area contributed by atoms with Gasteiger partial charge in [-0.3, -0.25) is 4.79 Å². The topological polar surface area (TPSA) is 29.1 Å². The minimum absolute atomic E-state index is 0.0275. The van der Waals surface area contributed by atoms with Crippen molar-refractivity contribution >= 4 is 5.78 Å². The zero-order chi connectivity index (χ0) is 17.3. The molecule has 1 N–H and O–H groups in total. The summed E-state index contributed by atoms with van der Waals surface area (Å²) in [5, 5.41) is 3.50. The Morgan fingerprint density at radius 2 is 1.79 bits per heavy atom. The summed E-state index contributed by atoms with van der Waals surface area (Å²) in [4.78, 5) is 13.2. The summed E-state index contributed by atoms with van der Waals surface area (Å²) in [6.07, 6.45) is 0.831. The molecule has 1 fully saturated rings. The molecular formula is C21H24FNO. The lowest BCUT2D eigenvalue weighted by Crippen LogP contribution is -2.51. The number of carbonyl (C=O) groups is 1. The Hall–Kier alpha value is -2.00. The van der Waals surface area contributed by atoms with E-state index in [1.807, 2.05) is 43.3 Å². The summed E-state index contributed by atoms with van der Waals surface area (Å²) < 4.78 is 14.1. The first-order chi connectivity index (χ1) is 11.5. The van der Waals surface area contributed by atoms with Crippen molar-refractivity contribution in [2.75, 3.05) is 0 Å². The molecule has 1 saturated heterocycles. The number of hydrogen-bond acceptors (Lipinski definition) is 2. The van der Waals surface area contributed by atoms with Gasteiger partial charge >= 0.3 is 0 Å². The number of ketones is 1. The van der Waals surface area contributed by atoms with E-state index in [4.69, 9.17) is 0 Å². The van der Waals surface area contributed by atoms with E-state index in [2.05, 4.69) is 19.2 Å². The number of nitrogens with one attached hydrogen (secondary N) is 1. The summed E-state index contributed by atoms with van der Waals surface area (Å²) in [5.41, 5.74) is 2.35. The molecule has 0 bridgehead atoms. The van der Waals surface area contributed by atoms with Gasteiger partial charge in [-0.2, -0.15) is 0 Å². The Bertz CT molecular complexity index is 728. The van der Waals surface area contributed by atoms with Crippen molar-refractivity contribution < 1.29 is 9.18 Å². The fraction of sp³-hybridized carbons (Fsp3) is 0.381. The molecule has 0 unspecified atom stereocenters. The van der Waals surface area contributed by atoms with Gasteiger partial charge in [-0.05, 0) is 50.3 Å². The predicted molar refractivity (Wildman–Crippen MR) is 94.8 cm³/mol. The van der Waals surface area contributed by atoms with Crippen LogP contribution in [0.15, 0.2) is 48.5 Å². The molecule has 0 amide bonds. The fourth-order valence-electron chi connectivity index (χ4n) is 4.05. The van der Waals surface area contributed by atoms with Crippen molar-refractivity contribution in [2.24, 2.45) is 5.92 Å². The second-order valence-corrected chi connectivity index (χ2v) is 6.91. The number of carbonyl (C=O) groups excluding carboxylic acids is 1. The lowest BCUT2D eigenvalue weighted by molar-refractivity contribution is 0.0820. The molecule has 0 radical (unpaired) electrons. The summed E-state index contributed by atoms with van der Waals surface area (Å²) in [6, 6.07) is 15.0. The first kappa shape index (κ1) is 16.8. The lowest BCUT2D eigenvalue weighted by atomic mass is 9.71. The van der Waals surface area contributed by atoms with Crippen LogP contribution in [0.25, 0.3) is 0 Å². The fourth-order valence-corrected chi connectivity index (χ4v) is 4.05. The minimum atomic E-state index is -0.197. The van der Waals surface area contributed by atoms with E-state index in [1.165, 1.54) is 6.07 Å². The number of benzene rings is 2. The second kappa shape index (κ2) is 6.86. The third-order valence-corrected chi connectivity index (χ3v) is 5.20. The lowest BCUT2D eigenvalue weighted by Gasteiger charge is -2.40. The summed E-state index contributed by atoms with van der Waals surface area (Å²) >= 11 is 0. The Morgan fingerprint density at radius 3 is 2.50 bits per heavy atom. The number of halogens is 1. The van der Waals surface area contributed by atoms with Crippen LogP contribution in [0.1, 0.15) is 47.7 Å². The van der Waals surface area contributed by atoms with Gasteiger partial charge < -0.3 is 5.32 Å². The van der Waals surface area contributed by atoms with Gasteiger partial charge in [0.05, 0.1) is 0 Å². The zero-order valence-corrected chi connectivity index (χ0v) is 14.4. The Kier molecular flexibility index (Phi) is 4.81. The van der Waals surface area contributed by atoms with Crippen LogP contribution < -0.4 is 5.32 Å². The van der Waals surface area contributed by atoms with E-state index in [1.54, 1.807) is 6.07 Å². The van der Waals surface area contributed by atoms with Crippen LogP contribution in [0, 0.1) is 18.7 Å². The van der Waals surface area contributed by atoms with Gasteiger partial charge in [0.1, 0.15) is 5.82 Å². The molecule has 2 nitrogen and oxygen atoms in total. The predicted octanol–water partition coefficient (Wildman–Crippen LogP) is 4.49. The molecule has 3 rings (SSSR count). The van der Waals surface area contributed by atoms with E-state index < -0.39 is 0 Å². The Morgan fingerprint density at radius 1 is 1.08 bits per heavy atom. The number of piperidine rings is 1. The number of hydrogen-bond donors (Lipinski definition) is 1. The molecule has 24 heavy (non-hydrogen) atoms. The molecule has 0 aromatic heterocycles. The van der Waals surface area contributed by atoms with Crippen LogP contribution in [0.2, 0.25) is 0 Å². The molecule has 126 valence electrons. The second-order valence-electron chi connectivity index (χ2n) is 6.91. The Labute approximate surface area is 143 Å². The van der Waals surface area contributed by atoms with Crippen molar-refractivity contribution in [2.45, 2.75) is 45.2 Å². The Balaban J connectivity index is 2.03. The van der Waals surface area contributed by atoms with Gasteiger partial charge in [0, 0.05) is 23.6 Å². The molecule has 1 heterocycles. The average molecular weight is 325 g/mol. The minimum Gasteiger partial charge on any atom is -0.311 e. The average Bonchev–Trinajstić information content (AvgIpc) is 2.57. The van der Waals surface area contributed by atoms with Crippen molar-refractivity contribution in [3.05, 3.63) is 71.0 Å². The van der Waals surface area contributed by atoms with Crippen LogP contribution in [0.4, 0.5) is 4.39 Å². The van der Waals surface area contributed by atoms with Crippen LogP contribution >= 0.6 is 0 Å². The maximum Gasteiger partial charge on any atom is 0.168 e. The van der Waals surface area contributed by atoms with Gasteiger partial charge in [-0.15, -0.1) is 0 Å². The van der Waals surface area contributed by atoms with E-state index >= 15 is 0 Å². The maximum absolute atomic E-state index is 14.1. The monoisotopic (exact) mass is 325 g/mol. The first-order valence-corrected chi connectivity index (χ1v) is 8.59. The van der Waals surface area contributed by atoms with E-state index in [-0.39, 0.29) is 29.5 Å². The van der Waals surface area contributed by atoms with Gasteiger partial charge in [-0.25, -0.2) is 4.39 Å². The SMILES string of the molecule is Cc1c(F)cccc1[C@@H]1C[C@@H](C)N[C@H](C)[C@H]1C(=O)c1ccccc1. The molecular weight excluding hydrogens is 301 g/mol. The standard InChI is InChI=1S/C21H24FNO/c1-13-12-18(17-10-7-11-19(22)14(17)2)20(15(3)23-13)21(24)16-8-5-4-6-9-16/h4-11,13,15,18,20,23H,12H2,1-3H3/t13-,15-,18+,20-/m1/s1. The van der Waals surface area contributed by atoms with E-state index in [0.29, 0.717) is 11.6 Å². The molecule has 0 aliphatic carbocycles. The third-order valence-electron chi connectivity index (χ3n) is 5.20. The molecule has 0 saturated carbocycles. The van der Waals surface area contributed by atoms with Crippen LogP contribution in [0.3, 0.4) is 0 Å². The smallest absolute Gasteiger partial charge is 0.168 e. The normalized spacial score (nSPS) is 27.0. The highest BCUT2D eigenvalue weighted by Gasteiger charge is 2.40. The highest BCUT2D eigenvalue weighted by Crippen LogP contribution is 2.39. The highest BCUT2D eigenvalue weighted by molar-refractivity contribution is 5.99. The molecule has 3 heteroatoms. The van der Waals surface area contributed by atoms with Crippen molar-refractivity contribution in [1.29, 1.82) is 0 Å². The summed E-state index contributed by atoms with van der Waals surface area (Å²) in [5.74, 6) is -0.225. The summed E-state index contributed by atoms with van der Waals surface area (Å²) in [7, 11) is 0. The number of Topliss-reactive ketones (excluding diaryl/α,β-unsaturated/α-hetero) is 1. The molecule has 1 aliphatic rings. The van der Waals surface area contributed by atoms with Gasteiger partial charge in [-0.1, -0.05) is 42.5 Å². The first-order valence-electron chi connectivity index (χ1n) is 8.59. The van der Waals surface area contributed by atoms with Crippen molar-refractivity contribution in [1.82, 2.24) is 5.32 Å². The third kappa shape index (κ3) is 3.13. The summed E-state index contributed by atoms with van der Waals surface area (Å²) in [6.45, 7) is 6.00. The largest absolute Gasteiger partial charge is 0.311 e. The van der Waals surface area contributed by atoms with Crippen LogP contribution in [-0.4, -0.2) is 17.9 Å². The van der Waals surface area contributed by atoms with Crippen molar-refractivity contribution in [3.8, 4) is 0 Å². The van der Waals surface area contributed by atoms with Crippen LogP contribution in [-0.2, 0) is 0 Å². The molecule has 1 aliphatic heterocycles. The van der Waals surface area contributed by atoms with E-state index in [9.17, 15) is 9.18 Å². The quantitative estimate of drug-likeness (QED) is 0.843. The maximum atomic E-state index is 14.1. The van der Waals surface area contributed by atoms with Crippen molar-refractivity contribution in [3.63, 3.8) is 0 Å². The highest BCUT2D eigenvalue weighted by atomic mass is 19.1. The van der Waals surface area contributed by atoms with Gasteiger partial charge in [0.25, 0.3) is 0 Å². The van der Waals surface area contributed by atoms with Crippen LogP contribution in [0.5, 0.6) is 0 Å². The number of rotatable bonds is 3. The molecule has 2 aromatic carbocycles. The van der Waals surface area contributed by atoms with Gasteiger partial charge in [0.2, 0.25) is 0 Å². The zero-order valence-electron chi connectivity index (χ0n) is 14.4. The molecule has 4 atom stereocenters. The van der Waals surface area contributed by atoms with E-state index in [0.717, 1.165) is 17.5 Å². The van der Waals surface area contributed by atoms with Gasteiger partial charge in [0.15, 0.2) is 5.78 Å².